The van der Waals surface area contributed by atoms with E-state index in [-0.39, 0.29) is 34.2 Å². The molecule has 1 aliphatic rings. The van der Waals surface area contributed by atoms with Crippen LogP contribution in [0.25, 0.3) is 10.7 Å². The van der Waals surface area contributed by atoms with E-state index in [9.17, 15) is 18.3 Å². The quantitative estimate of drug-likeness (QED) is 0.559. The van der Waals surface area contributed by atoms with Crippen LogP contribution in [0.1, 0.15) is 25.8 Å². The van der Waals surface area contributed by atoms with Crippen LogP contribution in [-0.4, -0.2) is 41.2 Å². The molecule has 3 aromatic rings. The fraction of sp³-hybridized carbons (Fsp3) is 0.300. The highest BCUT2D eigenvalue weighted by Gasteiger charge is 2.31. The Labute approximate surface area is 188 Å². The van der Waals surface area contributed by atoms with Crippen molar-refractivity contribution in [1.82, 2.24) is 19.5 Å². The predicted molar refractivity (Wildman–Crippen MR) is 120 cm³/mol. The second-order valence-electron chi connectivity index (χ2n) is 7.52. The first kappa shape index (κ1) is 22.0. The van der Waals surface area contributed by atoms with E-state index in [4.69, 9.17) is 4.74 Å². The Bertz CT molecular complexity index is 1360. The lowest BCUT2D eigenvalue weighted by molar-refractivity contribution is 0.413. The van der Waals surface area contributed by atoms with E-state index in [1.165, 1.54) is 35.3 Å². The number of aliphatic imine (C=N–C) groups is 1. The van der Waals surface area contributed by atoms with Gasteiger partial charge in [0.05, 0.1) is 12.8 Å². The van der Waals surface area contributed by atoms with Gasteiger partial charge in [0.25, 0.3) is 15.6 Å². The molecule has 1 aliphatic heterocycles. The smallest absolute Gasteiger partial charge is 0.281 e. The third kappa shape index (κ3) is 3.98. The molecule has 0 spiro atoms. The van der Waals surface area contributed by atoms with Gasteiger partial charge in [0.15, 0.2) is 17.3 Å². The van der Waals surface area contributed by atoms with Crippen LogP contribution in [0.5, 0.6) is 11.5 Å². The molecule has 0 fully saturated rings. The third-order valence-corrected chi connectivity index (χ3v) is 6.99. The van der Waals surface area contributed by atoms with E-state index >= 15 is 0 Å². The highest BCUT2D eigenvalue weighted by molar-refractivity contribution is 7.90. The predicted octanol–water partition coefficient (Wildman–Crippen LogP) is 2.50. The Kier molecular flexibility index (Phi) is 5.73. The Balaban J connectivity index is 1.94. The molecule has 10 nitrogen and oxygen atoms in total. The number of amidine groups is 1. The first-order valence-corrected chi connectivity index (χ1v) is 12.1. The van der Waals surface area contributed by atoms with Crippen LogP contribution in [0.4, 0.5) is 5.69 Å². The van der Waals surface area contributed by atoms with Gasteiger partial charge in [-0.15, -0.1) is 11.3 Å². The van der Waals surface area contributed by atoms with Gasteiger partial charge in [-0.25, -0.2) is 23.1 Å². The Morgan fingerprint density at radius 3 is 2.75 bits per heavy atom. The van der Waals surface area contributed by atoms with Crippen molar-refractivity contribution in [2.24, 2.45) is 10.9 Å². The summed E-state index contributed by atoms with van der Waals surface area (Å²) < 4.78 is 34.4. The van der Waals surface area contributed by atoms with Crippen molar-refractivity contribution in [2.75, 3.05) is 7.11 Å². The van der Waals surface area contributed by atoms with Crippen LogP contribution in [0.15, 0.2) is 44.5 Å². The average molecular weight is 476 g/mol. The van der Waals surface area contributed by atoms with Crippen LogP contribution >= 0.6 is 11.3 Å². The lowest BCUT2D eigenvalue weighted by Crippen LogP contribution is -2.39. The number of hydrogen-bond acceptors (Lipinski definition) is 9. The van der Waals surface area contributed by atoms with Crippen molar-refractivity contribution in [3.05, 3.63) is 45.7 Å². The second-order valence-corrected chi connectivity index (χ2v) is 10.1. The minimum Gasteiger partial charge on any atom is -0.505 e. The molecule has 12 heteroatoms. The molecule has 0 saturated carbocycles. The molecule has 0 radical (unpaired) electrons. The molecule has 2 aromatic heterocycles. The minimum atomic E-state index is -4.06. The van der Waals surface area contributed by atoms with Crippen LogP contribution in [0.2, 0.25) is 0 Å². The van der Waals surface area contributed by atoms with Crippen molar-refractivity contribution in [3.8, 4) is 22.2 Å². The molecule has 0 atom stereocenters. The van der Waals surface area contributed by atoms with Crippen molar-refractivity contribution in [2.45, 2.75) is 31.7 Å². The van der Waals surface area contributed by atoms with Crippen LogP contribution in [-0.2, 0) is 16.6 Å². The number of nitrogens with one attached hydrogen (secondary N) is 1. The van der Waals surface area contributed by atoms with Crippen molar-refractivity contribution >= 4 is 32.9 Å². The Hall–Kier alpha value is -3.25. The number of aromatic nitrogens is 3. The van der Waals surface area contributed by atoms with Gasteiger partial charge in [0.1, 0.15) is 21.2 Å². The van der Waals surface area contributed by atoms with Gasteiger partial charge in [-0.3, -0.25) is 9.52 Å². The summed E-state index contributed by atoms with van der Waals surface area (Å²) in [5.74, 6) is -0.105. The van der Waals surface area contributed by atoms with Crippen molar-refractivity contribution in [3.63, 3.8) is 0 Å². The summed E-state index contributed by atoms with van der Waals surface area (Å²) in [7, 11) is -2.64. The van der Waals surface area contributed by atoms with Crippen molar-refractivity contribution < 1.29 is 18.3 Å². The maximum Gasteiger partial charge on any atom is 0.281 e. The van der Waals surface area contributed by atoms with Gasteiger partial charge < -0.3 is 9.84 Å². The molecular weight excluding hydrogens is 454 g/mol. The summed E-state index contributed by atoms with van der Waals surface area (Å²) in [4.78, 5) is 21.6. The summed E-state index contributed by atoms with van der Waals surface area (Å²) in [5, 5.41) is 17.4. The molecular formula is C20H21N5O5S2. The molecule has 4 rings (SSSR count). The molecule has 0 aliphatic carbocycles. The molecule has 168 valence electrons. The number of aryl methyl sites for hydroxylation is 1. The average Bonchev–Trinajstić information content (AvgIpc) is 3.27. The molecule has 2 N–H and O–H groups in total. The lowest BCUT2D eigenvalue weighted by Gasteiger charge is -2.20. The zero-order valence-corrected chi connectivity index (χ0v) is 19.2. The number of thiazole rings is 1. The number of hydrogen-bond donors (Lipinski definition) is 2. The highest BCUT2D eigenvalue weighted by atomic mass is 32.2. The number of rotatable bonds is 6. The standard InChI is InChI=1S/C20H21N5O5S2/c1-11(2)6-8-25-20(27)15(17(26)16(23-25)19-21-7-9-31-19)18-22-13-5-4-12(30-3)10-14(13)32(28,29)24-18/h4-5,7,9-11,26H,6,8H2,1-3H3,(H,22,24). The zero-order chi connectivity index (χ0) is 23.0. The molecule has 0 amide bonds. The molecule has 32 heavy (non-hydrogen) atoms. The fourth-order valence-electron chi connectivity index (χ4n) is 3.15. The SMILES string of the molecule is COc1ccc2c(c1)S(=O)(=O)NC(c1c(O)c(-c3nccs3)nn(CCC(C)C)c1=O)=N2. The Morgan fingerprint density at radius 2 is 2.09 bits per heavy atom. The van der Waals surface area contributed by atoms with Gasteiger partial charge in [0, 0.05) is 24.2 Å². The number of fused-ring (bicyclic) bond motifs is 1. The normalized spacial score (nSPS) is 14.6. The third-order valence-electron chi connectivity index (χ3n) is 4.84. The van der Waals surface area contributed by atoms with Gasteiger partial charge >= 0.3 is 0 Å². The number of sulfonamides is 1. The summed E-state index contributed by atoms with van der Waals surface area (Å²) >= 11 is 1.24. The van der Waals surface area contributed by atoms with Crippen molar-refractivity contribution in [1.29, 1.82) is 0 Å². The molecule has 0 unspecified atom stereocenters. The number of nitrogens with zero attached hydrogens (tertiary/aromatic N) is 4. The summed E-state index contributed by atoms with van der Waals surface area (Å²) in [6, 6.07) is 4.38. The maximum absolute atomic E-state index is 13.2. The largest absolute Gasteiger partial charge is 0.505 e. The molecule has 0 bridgehead atoms. The van der Waals surface area contributed by atoms with Gasteiger partial charge in [-0.05, 0) is 24.5 Å². The van der Waals surface area contributed by atoms with Gasteiger partial charge in [-0.1, -0.05) is 13.8 Å². The number of methoxy groups -OCH3 is 1. The van der Waals surface area contributed by atoms with E-state index in [2.05, 4.69) is 19.8 Å². The van der Waals surface area contributed by atoms with E-state index < -0.39 is 21.3 Å². The van der Waals surface area contributed by atoms with Gasteiger partial charge in [0.2, 0.25) is 0 Å². The monoisotopic (exact) mass is 475 g/mol. The van der Waals surface area contributed by atoms with Crippen LogP contribution in [0.3, 0.4) is 0 Å². The van der Waals surface area contributed by atoms with E-state index in [1.807, 2.05) is 13.8 Å². The number of ether oxygens (including phenoxy) is 1. The van der Waals surface area contributed by atoms with E-state index in [0.717, 1.165) is 0 Å². The molecule has 0 saturated heterocycles. The van der Waals surface area contributed by atoms with Crippen LogP contribution < -0.4 is 15.0 Å². The number of aromatic hydroxyl groups is 1. The Morgan fingerprint density at radius 1 is 1.31 bits per heavy atom. The molecule has 1 aromatic carbocycles. The highest BCUT2D eigenvalue weighted by Crippen LogP contribution is 2.35. The first-order valence-electron chi connectivity index (χ1n) is 9.75. The number of benzene rings is 1. The van der Waals surface area contributed by atoms with E-state index in [1.54, 1.807) is 17.6 Å². The summed E-state index contributed by atoms with van der Waals surface area (Å²) in [6.07, 6.45) is 2.21. The lowest BCUT2D eigenvalue weighted by atomic mass is 10.1. The zero-order valence-electron chi connectivity index (χ0n) is 17.6. The molecule has 3 heterocycles. The van der Waals surface area contributed by atoms with Crippen LogP contribution in [0, 0.1) is 5.92 Å². The van der Waals surface area contributed by atoms with E-state index in [0.29, 0.717) is 23.1 Å². The fourth-order valence-corrected chi connectivity index (χ4v) is 4.95. The maximum atomic E-state index is 13.2. The summed E-state index contributed by atoms with van der Waals surface area (Å²) in [5.41, 5.74) is -0.721. The summed E-state index contributed by atoms with van der Waals surface area (Å²) in [6.45, 7) is 4.31. The minimum absolute atomic E-state index is 0.0841. The second kappa shape index (κ2) is 8.36. The first-order chi connectivity index (χ1) is 15.2. The topological polar surface area (TPSA) is 136 Å². The van der Waals surface area contributed by atoms with Gasteiger partial charge in [-0.2, -0.15) is 5.10 Å².